The first-order valence-electron chi connectivity index (χ1n) is 5.75. The van der Waals surface area contributed by atoms with E-state index < -0.39 is 28.6 Å². The Hall–Kier alpha value is -2.64. The van der Waals surface area contributed by atoms with Gasteiger partial charge in [-0.25, -0.2) is 0 Å². The zero-order valence-electron chi connectivity index (χ0n) is 10.9. The number of aromatic hydroxyl groups is 1. The molecule has 0 bridgehead atoms. The molecule has 1 aromatic carbocycles. The van der Waals surface area contributed by atoms with Crippen molar-refractivity contribution < 1.29 is 24.7 Å². The minimum Gasteiger partial charge on any atom is -0.506 e. The van der Waals surface area contributed by atoms with E-state index in [1.54, 1.807) is 0 Å². The van der Waals surface area contributed by atoms with Gasteiger partial charge in [-0.2, -0.15) is 0 Å². The number of nitro benzene ring substituents is 1. The largest absolute Gasteiger partial charge is 0.506 e. The Labute approximate surface area is 114 Å². The highest BCUT2D eigenvalue weighted by atomic mass is 16.6. The van der Waals surface area contributed by atoms with Gasteiger partial charge in [0.2, 0.25) is 5.91 Å². The predicted octanol–water partition coefficient (Wildman–Crippen LogP) is 1.60. The Morgan fingerprint density at radius 1 is 1.30 bits per heavy atom. The number of nitrogens with one attached hydrogen (secondary N) is 1. The summed E-state index contributed by atoms with van der Waals surface area (Å²) in [6.07, 6.45) is 0. The van der Waals surface area contributed by atoms with E-state index in [0.29, 0.717) is 0 Å². The molecule has 8 heteroatoms. The molecule has 0 spiro atoms. The number of amides is 1. The standard InChI is InChI=1S/C12H14N2O6/c1-6(7(2)12(17)18)11(16)13-9-5-8(14(19)20)3-4-10(9)15/h3-7,15H,1-2H3,(H,13,16)(H,17,18). The molecule has 8 nitrogen and oxygen atoms in total. The zero-order chi connectivity index (χ0) is 15.4. The lowest BCUT2D eigenvalue weighted by molar-refractivity contribution is -0.384. The van der Waals surface area contributed by atoms with E-state index in [2.05, 4.69) is 5.32 Å². The first kappa shape index (κ1) is 15.4. The fourth-order valence-corrected chi connectivity index (χ4v) is 1.43. The molecule has 0 aromatic heterocycles. The van der Waals surface area contributed by atoms with Crippen molar-refractivity contribution in [3.05, 3.63) is 28.3 Å². The zero-order valence-corrected chi connectivity index (χ0v) is 10.9. The van der Waals surface area contributed by atoms with Crippen LogP contribution in [0, 0.1) is 22.0 Å². The summed E-state index contributed by atoms with van der Waals surface area (Å²) in [5.74, 6) is -3.88. The minimum absolute atomic E-state index is 0.131. The molecule has 0 aliphatic carbocycles. The van der Waals surface area contributed by atoms with Crippen LogP contribution >= 0.6 is 0 Å². The van der Waals surface area contributed by atoms with E-state index in [4.69, 9.17) is 5.11 Å². The maximum absolute atomic E-state index is 11.8. The van der Waals surface area contributed by atoms with Crippen LogP contribution in [0.2, 0.25) is 0 Å². The van der Waals surface area contributed by atoms with Gasteiger partial charge < -0.3 is 15.5 Å². The molecule has 1 rings (SSSR count). The van der Waals surface area contributed by atoms with E-state index in [1.807, 2.05) is 0 Å². The maximum Gasteiger partial charge on any atom is 0.307 e. The molecular weight excluding hydrogens is 268 g/mol. The van der Waals surface area contributed by atoms with Gasteiger partial charge in [0, 0.05) is 18.1 Å². The van der Waals surface area contributed by atoms with Crippen LogP contribution in [0.4, 0.5) is 11.4 Å². The Morgan fingerprint density at radius 2 is 1.90 bits per heavy atom. The molecule has 0 aliphatic heterocycles. The van der Waals surface area contributed by atoms with Gasteiger partial charge in [-0.05, 0) is 6.07 Å². The summed E-state index contributed by atoms with van der Waals surface area (Å²) in [4.78, 5) is 32.6. The van der Waals surface area contributed by atoms with Crippen LogP contribution < -0.4 is 5.32 Å². The number of carboxylic acid groups (broad SMARTS) is 1. The second kappa shape index (κ2) is 6.00. The number of carbonyl (C=O) groups excluding carboxylic acids is 1. The van der Waals surface area contributed by atoms with Crippen LogP contribution in [0.3, 0.4) is 0 Å². The minimum atomic E-state index is -1.13. The second-order valence-corrected chi connectivity index (χ2v) is 4.36. The molecule has 3 N–H and O–H groups in total. The van der Waals surface area contributed by atoms with Gasteiger partial charge >= 0.3 is 5.97 Å². The number of aliphatic carboxylic acids is 1. The number of carbonyl (C=O) groups is 2. The molecule has 1 amide bonds. The molecule has 108 valence electrons. The van der Waals surface area contributed by atoms with Gasteiger partial charge in [0.1, 0.15) is 5.75 Å². The quantitative estimate of drug-likeness (QED) is 0.427. The molecule has 1 aromatic rings. The van der Waals surface area contributed by atoms with Crippen molar-refractivity contribution in [3.8, 4) is 5.75 Å². The third-order valence-corrected chi connectivity index (χ3v) is 3.00. The fraction of sp³-hybridized carbons (Fsp3) is 0.333. The number of carboxylic acids is 1. The van der Waals surface area contributed by atoms with E-state index in [-0.39, 0.29) is 17.1 Å². The number of phenols is 1. The summed E-state index contributed by atoms with van der Waals surface area (Å²) in [6, 6.07) is 3.18. The van der Waals surface area contributed by atoms with Crippen molar-refractivity contribution in [2.75, 3.05) is 5.32 Å². The normalized spacial score (nSPS) is 13.3. The van der Waals surface area contributed by atoms with E-state index >= 15 is 0 Å². The van der Waals surface area contributed by atoms with Gasteiger partial charge in [0.15, 0.2) is 0 Å². The van der Waals surface area contributed by atoms with Gasteiger partial charge in [-0.1, -0.05) is 13.8 Å². The number of phenolic OH excluding ortho intramolecular Hbond substituents is 1. The number of benzene rings is 1. The molecule has 0 fully saturated rings. The number of non-ortho nitro benzene ring substituents is 1. The number of nitrogens with zero attached hydrogens (tertiary/aromatic N) is 1. The topological polar surface area (TPSA) is 130 Å². The van der Waals surface area contributed by atoms with Crippen LogP contribution in [-0.4, -0.2) is 27.0 Å². The lowest BCUT2D eigenvalue weighted by atomic mass is 9.95. The van der Waals surface area contributed by atoms with Crippen LogP contribution in [0.1, 0.15) is 13.8 Å². The highest BCUT2D eigenvalue weighted by molar-refractivity contribution is 5.96. The summed E-state index contributed by atoms with van der Waals surface area (Å²) in [7, 11) is 0. The number of hydrogen-bond acceptors (Lipinski definition) is 5. The van der Waals surface area contributed by atoms with Gasteiger partial charge in [-0.15, -0.1) is 0 Å². The number of hydrogen-bond donors (Lipinski definition) is 3. The fourth-order valence-electron chi connectivity index (χ4n) is 1.43. The summed E-state index contributed by atoms with van der Waals surface area (Å²) in [5, 5.41) is 31.3. The van der Waals surface area contributed by atoms with Crippen molar-refractivity contribution >= 4 is 23.3 Å². The van der Waals surface area contributed by atoms with Gasteiger partial charge in [0.25, 0.3) is 5.69 Å². The van der Waals surface area contributed by atoms with Crippen molar-refractivity contribution in [3.63, 3.8) is 0 Å². The van der Waals surface area contributed by atoms with Crippen LogP contribution in [0.15, 0.2) is 18.2 Å². The summed E-state index contributed by atoms with van der Waals surface area (Å²) >= 11 is 0. The Morgan fingerprint density at radius 3 is 2.40 bits per heavy atom. The van der Waals surface area contributed by atoms with Crippen molar-refractivity contribution in [1.29, 1.82) is 0 Å². The second-order valence-electron chi connectivity index (χ2n) is 4.36. The first-order valence-corrected chi connectivity index (χ1v) is 5.75. The van der Waals surface area contributed by atoms with Crippen LogP contribution in [0.5, 0.6) is 5.75 Å². The lowest BCUT2D eigenvalue weighted by Crippen LogP contribution is -2.30. The monoisotopic (exact) mass is 282 g/mol. The molecule has 0 saturated carbocycles. The highest BCUT2D eigenvalue weighted by Crippen LogP contribution is 2.28. The highest BCUT2D eigenvalue weighted by Gasteiger charge is 2.26. The first-order chi connectivity index (χ1) is 9.23. The molecule has 0 heterocycles. The van der Waals surface area contributed by atoms with E-state index in [9.17, 15) is 24.8 Å². The SMILES string of the molecule is CC(C(=O)O)C(C)C(=O)Nc1cc([N+](=O)[O-])ccc1O. The van der Waals surface area contributed by atoms with E-state index in [1.165, 1.54) is 13.8 Å². The van der Waals surface area contributed by atoms with Gasteiger partial charge in [0.05, 0.1) is 16.5 Å². The third-order valence-electron chi connectivity index (χ3n) is 3.00. The third kappa shape index (κ3) is 3.44. The van der Waals surface area contributed by atoms with Crippen molar-refractivity contribution in [2.45, 2.75) is 13.8 Å². The van der Waals surface area contributed by atoms with E-state index in [0.717, 1.165) is 18.2 Å². The Kier molecular flexibility index (Phi) is 4.63. The molecule has 0 saturated heterocycles. The number of rotatable bonds is 5. The van der Waals surface area contributed by atoms with Crippen LogP contribution in [-0.2, 0) is 9.59 Å². The molecular formula is C12H14N2O6. The average Bonchev–Trinajstić information content (AvgIpc) is 2.38. The smallest absolute Gasteiger partial charge is 0.307 e. The predicted molar refractivity (Wildman–Crippen MR) is 69.4 cm³/mol. The number of anilines is 1. The lowest BCUT2D eigenvalue weighted by Gasteiger charge is -2.16. The summed E-state index contributed by atoms with van der Waals surface area (Å²) in [5.41, 5.74) is -0.425. The Balaban J connectivity index is 2.93. The summed E-state index contributed by atoms with van der Waals surface area (Å²) < 4.78 is 0. The van der Waals surface area contributed by atoms with Gasteiger partial charge in [-0.3, -0.25) is 19.7 Å². The van der Waals surface area contributed by atoms with Crippen molar-refractivity contribution in [1.82, 2.24) is 0 Å². The summed E-state index contributed by atoms with van der Waals surface area (Å²) in [6.45, 7) is 2.79. The molecule has 0 aliphatic rings. The van der Waals surface area contributed by atoms with Crippen molar-refractivity contribution in [2.24, 2.45) is 11.8 Å². The molecule has 0 radical (unpaired) electrons. The maximum atomic E-state index is 11.8. The average molecular weight is 282 g/mol. The molecule has 20 heavy (non-hydrogen) atoms. The molecule has 2 atom stereocenters. The number of nitro groups is 1. The Bertz CT molecular complexity index is 557. The van der Waals surface area contributed by atoms with Crippen LogP contribution in [0.25, 0.3) is 0 Å². The molecule has 2 unspecified atom stereocenters.